The number of rotatable bonds is 4. The summed E-state index contributed by atoms with van der Waals surface area (Å²) in [6, 6.07) is 9.43. The largest absolute Gasteiger partial charge is 0.378 e. The molecule has 2 aromatic rings. The van der Waals surface area contributed by atoms with Crippen LogP contribution in [0.15, 0.2) is 36.4 Å². The molecule has 0 bridgehead atoms. The van der Waals surface area contributed by atoms with Crippen molar-refractivity contribution in [2.75, 3.05) is 5.32 Å². The van der Waals surface area contributed by atoms with Crippen molar-refractivity contribution in [3.63, 3.8) is 0 Å². The minimum atomic E-state index is -0.433. The van der Waals surface area contributed by atoms with Crippen LogP contribution in [0.25, 0.3) is 0 Å². The summed E-state index contributed by atoms with van der Waals surface area (Å²) >= 11 is 1.08. The van der Waals surface area contributed by atoms with E-state index in [1.807, 2.05) is 0 Å². The Kier molecular flexibility index (Phi) is 3.34. The van der Waals surface area contributed by atoms with Gasteiger partial charge in [-0.3, -0.25) is 10.1 Å². The fourth-order valence-corrected chi connectivity index (χ4v) is 2.11. The summed E-state index contributed by atoms with van der Waals surface area (Å²) in [7, 11) is 0. The summed E-state index contributed by atoms with van der Waals surface area (Å²) in [6.45, 7) is 0.374. The lowest BCUT2D eigenvalue weighted by Crippen LogP contribution is -1.99. The first kappa shape index (κ1) is 11.5. The zero-order valence-electron chi connectivity index (χ0n) is 8.72. The molecule has 17 heavy (non-hydrogen) atoms. The van der Waals surface area contributed by atoms with E-state index in [1.165, 1.54) is 12.1 Å². The van der Waals surface area contributed by atoms with Crippen LogP contribution in [0, 0.1) is 15.9 Å². The van der Waals surface area contributed by atoms with Gasteiger partial charge in [-0.15, -0.1) is 0 Å². The van der Waals surface area contributed by atoms with Crippen molar-refractivity contribution in [3.05, 3.63) is 57.2 Å². The summed E-state index contributed by atoms with van der Waals surface area (Å²) in [5.74, 6) is -0.335. The smallest absolute Gasteiger partial charge is 0.324 e. The molecule has 0 spiro atoms. The van der Waals surface area contributed by atoms with Gasteiger partial charge in [0.1, 0.15) is 5.82 Å². The molecule has 88 valence electrons. The number of thiophene rings is 1. The number of benzene rings is 1. The molecular weight excluding hydrogens is 243 g/mol. The SMILES string of the molecule is O=[N+]([O-])c1ccc(CNc2ccccc2F)s1. The normalized spacial score (nSPS) is 10.2. The lowest BCUT2D eigenvalue weighted by molar-refractivity contribution is -0.380. The van der Waals surface area contributed by atoms with Crippen LogP contribution in [0.5, 0.6) is 0 Å². The van der Waals surface area contributed by atoms with Gasteiger partial charge in [-0.2, -0.15) is 0 Å². The van der Waals surface area contributed by atoms with E-state index in [9.17, 15) is 14.5 Å². The van der Waals surface area contributed by atoms with Gasteiger partial charge in [0.15, 0.2) is 0 Å². The highest BCUT2D eigenvalue weighted by Crippen LogP contribution is 2.25. The zero-order valence-corrected chi connectivity index (χ0v) is 9.54. The maximum Gasteiger partial charge on any atom is 0.324 e. The fourth-order valence-electron chi connectivity index (χ4n) is 1.35. The van der Waals surface area contributed by atoms with Crippen LogP contribution >= 0.6 is 11.3 Å². The molecule has 6 heteroatoms. The molecule has 4 nitrogen and oxygen atoms in total. The van der Waals surface area contributed by atoms with Crippen molar-refractivity contribution in [1.29, 1.82) is 0 Å². The molecule has 1 aromatic carbocycles. The predicted molar refractivity (Wildman–Crippen MR) is 64.7 cm³/mol. The van der Waals surface area contributed by atoms with Gasteiger partial charge in [0, 0.05) is 17.5 Å². The van der Waals surface area contributed by atoms with Crippen LogP contribution < -0.4 is 5.32 Å². The molecular formula is C11H9FN2O2S. The van der Waals surface area contributed by atoms with Gasteiger partial charge in [0.2, 0.25) is 0 Å². The summed E-state index contributed by atoms with van der Waals surface area (Å²) in [5.41, 5.74) is 0.392. The molecule has 0 atom stereocenters. The van der Waals surface area contributed by atoms with Crippen LogP contribution in [-0.2, 0) is 6.54 Å². The second kappa shape index (κ2) is 4.92. The maximum atomic E-state index is 13.3. The van der Waals surface area contributed by atoms with Crippen molar-refractivity contribution >= 4 is 22.0 Å². The molecule has 1 heterocycles. The number of nitrogens with one attached hydrogen (secondary N) is 1. The molecule has 0 amide bonds. The van der Waals surface area contributed by atoms with Crippen LogP contribution in [0.2, 0.25) is 0 Å². The second-order valence-electron chi connectivity index (χ2n) is 3.33. The summed E-state index contributed by atoms with van der Waals surface area (Å²) in [4.78, 5) is 10.8. The number of halogens is 1. The van der Waals surface area contributed by atoms with E-state index < -0.39 is 4.92 Å². The third-order valence-electron chi connectivity index (χ3n) is 2.15. The van der Waals surface area contributed by atoms with E-state index in [4.69, 9.17) is 0 Å². The highest BCUT2D eigenvalue weighted by Gasteiger charge is 2.09. The van der Waals surface area contributed by atoms with Crippen LogP contribution in [-0.4, -0.2) is 4.92 Å². The molecule has 0 aliphatic carbocycles. The van der Waals surface area contributed by atoms with E-state index in [1.54, 1.807) is 24.3 Å². The number of hydrogen-bond acceptors (Lipinski definition) is 4. The third-order valence-corrected chi connectivity index (χ3v) is 3.19. The molecule has 0 radical (unpaired) electrons. The van der Waals surface area contributed by atoms with Gasteiger partial charge >= 0.3 is 5.00 Å². The average Bonchev–Trinajstić information content (AvgIpc) is 2.77. The Bertz CT molecular complexity index is 542. The summed E-state index contributed by atoms with van der Waals surface area (Å²) in [5, 5.41) is 13.5. The van der Waals surface area contributed by atoms with Crippen molar-refractivity contribution in [3.8, 4) is 0 Å². The van der Waals surface area contributed by atoms with Gasteiger partial charge in [-0.1, -0.05) is 23.5 Å². The third kappa shape index (κ3) is 2.79. The Hall–Kier alpha value is -1.95. The lowest BCUT2D eigenvalue weighted by Gasteiger charge is -2.04. The number of nitrogens with zero attached hydrogens (tertiary/aromatic N) is 1. The molecule has 0 fully saturated rings. The van der Waals surface area contributed by atoms with Gasteiger partial charge in [-0.05, 0) is 18.2 Å². The molecule has 0 saturated carbocycles. The first-order chi connectivity index (χ1) is 8.16. The lowest BCUT2D eigenvalue weighted by atomic mass is 10.3. The quantitative estimate of drug-likeness (QED) is 0.670. The van der Waals surface area contributed by atoms with Crippen molar-refractivity contribution in [1.82, 2.24) is 0 Å². The maximum absolute atomic E-state index is 13.3. The molecule has 1 aromatic heterocycles. The summed E-state index contributed by atoms with van der Waals surface area (Å²) in [6.07, 6.45) is 0. The Balaban J connectivity index is 2.02. The summed E-state index contributed by atoms with van der Waals surface area (Å²) < 4.78 is 13.3. The first-order valence-corrected chi connectivity index (χ1v) is 5.70. The van der Waals surface area contributed by atoms with E-state index in [-0.39, 0.29) is 10.8 Å². The number of para-hydroxylation sites is 1. The number of nitro groups is 1. The zero-order chi connectivity index (χ0) is 12.3. The molecule has 0 aliphatic heterocycles. The van der Waals surface area contributed by atoms with Crippen LogP contribution in [0.1, 0.15) is 4.88 Å². The fraction of sp³-hybridized carbons (Fsp3) is 0.0909. The van der Waals surface area contributed by atoms with Crippen LogP contribution in [0.3, 0.4) is 0 Å². The van der Waals surface area contributed by atoms with Gasteiger partial charge < -0.3 is 5.32 Å². The van der Waals surface area contributed by atoms with E-state index >= 15 is 0 Å². The first-order valence-electron chi connectivity index (χ1n) is 4.88. The minimum absolute atomic E-state index is 0.0929. The topological polar surface area (TPSA) is 55.2 Å². The van der Waals surface area contributed by atoms with Crippen molar-refractivity contribution in [2.45, 2.75) is 6.54 Å². The van der Waals surface area contributed by atoms with E-state index in [2.05, 4.69) is 5.32 Å². The Morgan fingerprint density at radius 2 is 2.06 bits per heavy atom. The second-order valence-corrected chi connectivity index (χ2v) is 4.48. The van der Waals surface area contributed by atoms with Crippen molar-refractivity contribution in [2.24, 2.45) is 0 Å². The highest BCUT2D eigenvalue weighted by molar-refractivity contribution is 7.15. The van der Waals surface area contributed by atoms with E-state index in [0.717, 1.165) is 16.2 Å². The highest BCUT2D eigenvalue weighted by atomic mass is 32.1. The Morgan fingerprint density at radius 3 is 2.71 bits per heavy atom. The van der Waals surface area contributed by atoms with E-state index in [0.29, 0.717) is 12.2 Å². The van der Waals surface area contributed by atoms with Crippen molar-refractivity contribution < 1.29 is 9.31 Å². The molecule has 0 unspecified atom stereocenters. The molecule has 0 saturated heterocycles. The van der Waals surface area contributed by atoms with Gasteiger partial charge in [0.25, 0.3) is 0 Å². The predicted octanol–water partition coefficient (Wildman–Crippen LogP) is 3.41. The monoisotopic (exact) mass is 252 g/mol. The standard InChI is InChI=1S/C11H9FN2O2S/c12-9-3-1-2-4-10(9)13-7-8-5-6-11(17-8)14(15)16/h1-6,13H,7H2. The Morgan fingerprint density at radius 1 is 1.29 bits per heavy atom. The average molecular weight is 252 g/mol. The van der Waals surface area contributed by atoms with Gasteiger partial charge in [-0.25, -0.2) is 4.39 Å². The minimum Gasteiger partial charge on any atom is -0.378 e. The molecule has 1 N–H and O–H groups in total. The molecule has 2 rings (SSSR count). The number of hydrogen-bond donors (Lipinski definition) is 1. The van der Waals surface area contributed by atoms with Crippen LogP contribution in [0.4, 0.5) is 15.1 Å². The number of anilines is 1. The van der Waals surface area contributed by atoms with Gasteiger partial charge in [0.05, 0.1) is 10.6 Å². The Labute approximate surface area is 101 Å². The molecule has 0 aliphatic rings.